The van der Waals surface area contributed by atoms with E-state index >= 15 is 0 Å². The van der Waals surface area contributed by atoms with E-state index in [1.54, 1.807) is 13.0 Å². The molecule has 126 valence electrons. The van der Waals surface area contributed by atoms with Crippen LogP contribution in [0.4, 0.5) is 0 Å². The molecule has 0 saturated carbocycles. The van der Waals surface area contributed by atoms with Crippen molar-refractivity contribution in [1.82, 2.24) is 10.6 Å². The molecular formula is C17H18N2O5. The maximum Gasteiger partial charge on any atom is 0.287 e. The van der Waals surface area contributed by atoms with E-state index in [1.165, 1.54) is 12.3 Å². The Hall–Kier alpha value is -2.96. The molecule has 2 atom stereocenters. The first-order valence-corrected chi connectivity index (χ1v) is 7.59. The maximum atomic E-state index is 12.3. The number of amides is 2. The van der Waals surface area contributed by atoms with Crippen LogP contribution < -0.4 is 20.1 Å². The molecule has 1 aliphatic heterocycles. The van der Waals surface area contributed by atoms with Gasteiger partial charge in [0.1, 0.15) is 6.04 Å². The van der Waals surface area contributed by atoms with Gasteiger partial charge in [-0.25, -0.2) is 0 Å². The lowest BCUT2D eigenvalue weighted by atomic mass is 10.1. The number of furan rings is 1. The Kier molecular flexibility index (Phi) is 4.41. The molecule has 0 spiro atoms. The number of benzene rings is 1. The standard InChI is InChI=1S/C17H18N2O5/c1-10(12-5-6-13-15(8-12)24-9-23-13)18-16(20)11(2)19-17(21)14-4-3-7-22-14/h3-8,10-11H,9H2,1-2H3,(H,18,20)(H,19,21)/t10-,11-/m0/s1. The zero-order valence-corrected chi connectivity index (χ0v) is 13.4. The second kappa shape index (κ2) is 6.66. The van der Waals surface area contributed by atoms with Crippen LogP contribution >= 0.6 is 0 Å². The smallest absolute Gasteiger partial charge is 0.287 e. The number of hydrogen-bond donors (Lipinski definition) is 2. The molecule has 24 heavy (non-hydrogen) atoms. The number of ether oxygens (including phenoxy) is 2. The molecule has 2 N–H and O–H groups in total. The van der Waals surface area contributed by atoms with Gasteiger partial charge in [0.2, 0.25) is 12.7 Å². The minimum Gasteiger partial charge on any atom is -0.459 e. The topological polar surface area (TPSA) is 89.8 Å². The molecule has 0 unspecified atom stereocenters. The van der Waals surface area contributed by atoms with E-state index in [2.05, 4.69) is 10.6 Å². The van der Waals surface area contributed by atoms with E-state index in [4.69, 9.17) is 13.9 Å². The first-order valence-electron chi connectivity index (χ1n) is 7.59. The molecule has 3 rings (SSSR count). The third-order valence-electron chi connectivity index (χ3n) is 3.74. The van der Waals surface area contributed by atoms with Gasteiger partial charge >= 0.3 is 0 Å². The monoisotopic (exact) mass is 330 g/mol. The van der Waals surface area contributed by atoms with Gasteiger partial charge < -0.3 is 24.5 Å². The van der Waals surface area contributed by atoms with Gasteiger partial charge in [-0.3, -0.25) is 9.59 Å². The van der Waals surface area contributed by atoms with Crippen LogP contribution in [0.15, 0.2) is 41.0 Å². The molecule has 7 heteroatoms. The van der Waals surface area contributed by atoms with Gasteiger partial charge in [0, 0.05) is 0 Å². The second-order valence-electron chi connectivity index (χ2n) is 5.52. The van der Waals surface area contributed by atoms with Gasteiger partial charge in [-0.15, -0.1) is 0 Å². The van der Waals surface area contributed by atoms with E-state index in [0.29, 0.717) is 11.5 Å². The Labute approximate surface area is 138 Å². The van der Waals surface area contributed by atoms with Gasteiger partial charge in [0.15, 0.2) is 17.3 Å². The minimum atomic E-state index is -0.695. The Bertz CT molecular complexity index is 741. The van der Waals surface area contributed by atoms with Crippen LogP contribution in [0.3, 0.4) is 0 Å². The van der Waals surface area contributed by atoms with E-state index in [9.17, 15) is 9.59 Å². The normalized spacial score (nSPS) is 14.8. The van der Waals surface area contributed by atoms with Crippen LogP contribution in [0.25, 0.3) is 0 Å². The maximum absolute atomic E-state index is 12.3. The molecule has 1 aromatic carbocycles. The highest BCUT2D eigenvalue weighted by Gasteiger charge is 2.21. The summed E-state index contributed by atoms with van der Waals surface area (Å²) in [4.78, 5) is 24.1. The molecule has 2 amide bonds. The molecule has 1 aliphatic rings. The minimum absolute atomic E-state index is 0.165. The van der Waals surface area contributed by atoms with Gasteiger partial charge in [-0.05, 0) is 43.7 Å². The van der Waals surface area contributed by atoms with Crippen molar-refractivity contribution in [3.05, 3.63) is 47.9 Å². The zero-order valence-electron chi connectivity index (χ0n) is 13.4. The number of nitrogens with one attached hydrogen (secondary N) is 2. The van der Waals surface area contributed by atoms with Crippen molar-refractivity contribution in [3.63, 3.8) is 0 Å². The summed E-state index contributed by atoms with van der Waals surface area (Å²) in [5.74, 6) is 0.793. The average molecular weight is 330 g/mol. The Balaban J connectivity index is 1.58. The summed E-state index contributed by atoms with van der Waals surface area (Å²) < 4.78 is 15.6. The Morgan fingerprint density at radius 2 is 1.88 bits per heavy atom. The van der Waals surface area contributed by atoms with Crippen molar-refractivity contribution >= 4 is 11.8 Å². The van der Waals surface area contributed by atoms with E-state index in [0.717, 1.165) is 5.56 Å². The van der Waals surface area contributed by atoms with Crippen molar-refractivity contribution in [2.24, 2.45) is 0 Å². The second-order valence-corrected chi connectivity index (χ2v) is 5.52. The third-order valence-corrected chi connectivity index (χ3v) is 3.74. The molecule has 0 fully saturated rings. The van der Waals surface area contributed by atoms with Crippen LogP contribution in [0.2, 0.25) is 0 Å². The fraction of sp³-hybridized carbons (Fsp3) is 0.294. The highest BCUT2D eigenvalue weighted by Crippen LogP contribution is 2.34. The third kappa shape index (κ3) is 3.34. The molecule has 2 aromatic rings. The van der Waals surface area contributed by atoms with Gasteiger partial charge in [0.05, 0.1) is 12.3 Å². The average Bonchev–Trinajstić information content (AvgIpc) is 3.25. The summed E-state index contributed by atoms with van der Waals surface area (Å²) in [7, 11) is 0. The SMILES string of the molecule is C[C@H](NC(=O)c1ccco1)C(=O)N[C@@H](C)c1ccc2c(c1)OCO2. The molecule has 1 aromatic heterocycles. The summed E-state index contributed by atoms with van der Waals surface area (Å²) >= 11 is 0. The first kappa shape index (κ1) is 15.9. The number of fused-ring (bicyclic) bond motifs is 1. The van der Waals surface area contributed by atoms with Crippen LogP contribution in [0, 0.1) is 0 Å². The summed E-state index contributed by atoms with van der Waals surface area (Å²) in [6, 6.07) is 7.72. The lowest BCUT2D eigenvalue weighted by Crippen LogP contribution is -2.45. The summed E-state index contributed by atoms with van der Waals surface area (Å²) in [5.41, 5.74) is 0.886. The number of carbonyl (C=O) groups excluding carboxylic acids is 2. The van der Waals surface area contributed by atoms with Crippen molar-refractivity contribution in [1.29, 1.82) is 0 Å². The van der Waals surface area contributed by atoms with Crippen molar-refractivity contribution < 1.29 is 23.5 Å². The summed E-state index contributed by atoms with van der Waals surface area (Å²) in [6.45, 7) is 3.68. The van der Waals surface area contributed by atoms with Gasteiger partial charge in [-0.2, -0.15) is 0 Å². The van der Waals surface area contributed by atoms with E-state index < -0.39 is 11.9 Å². The Morgan fingerprint density at radius 1 is 1.08 bits per heavy atom. The summed E-state index contributed by atoms with van der Waals surface area (Å²) in [5, 5.41) is 5.45. The highest BCUT2D eigenvalue weighted by atomic mass is 16.7. The fourth-order valence-corrected chi connectivity index (χ4v) is 2.35. The van der Waals surface area contributed by atoms with E-state index in [1.807, 2.05) is 25.1 Å². The highest BCUT2D eigenvalue weighted by molar-refractivity contribution is 5.95. The quantitative estimate of drug-likeness (QED) is 0.875. The number of hydrogen-bond acceptors (Lipinski definition) is 5. The predicted octanol–water partition coefficient (Wildman–Crippen LogP) is 2.00. The van der Waals surface area contributed by atoms with Crippen LogP contribution in [-0.2, 0) is 4.79 Å². The largest absolute Gasteiger partial charge is 0.459 e. The molecule has 0 radical (unpaired) electrons. The van der Waals surface area contributed by atoms with Crippen LogP contribution in [-0.4, -0.2) is 24.6 Å². The molecule has 0 aliphatic carbocycles. The number of rotatable bonds is 5. The van der Waals surface area contributed by atoms with Crippen molar-refractivity contribution in [2.45, 2.75) is 25.9 Å². The van der Waals surface area contributed by atoms with Crippen LogP contribution in [0.1, 0.15) is 36.0 Å². The molecule has 0 bridgehead atoms. The fourth-order valence-electron chi connectivity index (χ4n) is 2.35. The van der Waals surface area contributed by atoms with Gasteiger partial charge in [0.25, 0.3) is 5.91 Å². The van der Waals surface area contributed by atoms with Gasteiger partial charge in [-0.1, -0.05) is 6.07 Å². The summed E-state index contributed by atoms with van der Waals surface area (Å²) in [6.07, 6.45) is 1.40. The first-order chi connectivity index (χ1) is 11.5. The number of carbonyl (C=O) groups is 2. The lowest BCUT2D eigenvalue weighted by Gasteiger charge is -2.18. The zero-order chi connectivity index (χ0) is 17.1. The molecule has 0 saturated heterocycles. The predicted molar refractivity (Wildman–Crippen MR) is 84.8 cm³/mol. The molecular weight excluding hydrogens is 312 g/mol. The van der Waals surface area contributed by atoms with Crippen LogP contribution in [0.5, 0.6) is 11.5 Å². The van der Waals surface area contributed by atoms with E-state index in [-0.39, 0.29) is 24.5 Å². The van der Waals surface area contributed by atoms with Crippen molar-refractivity contribution in [2.75, 3.05) is 6.79 Å². The Morgan fingerprint density at radius 3 is 2.62 bits per heavy atom. The lowest BCUT2D eigenvalue weighted by molar-refractivity contribution is -0.123. The molecule has 7 nitrogen and oxygen atoms in total. The molecule has 2 heterocycles. The van der Waals surface area contributed by atoms with Crippen molar-refractivity contribution in [3.8, 4) is 11.5 Å².